The Hall–Kier alpha value is -1.51. The van der Waals surface area contributed by atoms with Crippen molar-refractivity contribution < 1.29 is 13.5 Å². The first-order valence-electron chi connectivity index (χ1n) is 5.78. The smallest absolute Gasteiger partial charge is 0.232 e. The summed E-state index contributed by atoms with van der Waals surface area (Å²) in [6.07, 6.45) is 1.45. The van der Waals surface area contributed by atoms with Gasteiger partial charge in [0, 0.05) is 5.56 Å². The van der Waals surface area contributed by atoms with E-state index in [-0.39, 0.29) is 12.4 Å². The molecule has 1 aromatic rings. The fourth-order valence-electron chi connectivity index (χ4n) is 1.37. The topological polar surface area (TPSA) is 66.4 Å². The van der Waals surface area contributed by atoms with Crippen molar-refractivity contribution in [2.24, 2.45) is 0 Å². The quantitative estimate of drug-likeness (QED) is 0.796. The first-order valence-corrected chi connectivity index (χ1v) is 7.43. The van der Waals surface area contributed by atoms with Crippen LogP contribution in [0.25, 0.3) is 0 Å². The Morgan fingerprint density at radius 3 is 2.72 bits per heavy atom. The molecular weight excluding hydrogens is 250 g/mol. The summed E-state index contributed by atoms with van der Waals surface area (Å²) < 4.78 is 26.1. The molecule has 5 heteroatoms. The van der Waals surface area contributed by atoms with Gasteiger partial charge in [-0.3, -0.25) is 4.72 Å². The second-order valence-electron chi connectivity index (χ2n) is 3.78. The summed E-state index contributed by atoms with van der Waals surface area (Å²) in [5.74, 6) is 5.32. The van der Waals surface area contributed by atoms with Gasteiger partial charge < -0.3 is 5.11 Å². The number of unbranched alkanes of at least 4 members (excludes halogenated alkanes) is 1. The zero-order valence-corrected chi connectivity index (χ0v) is 11.1. The molecule has 18 heavy (non-hydrogen) atoms. The molecule has 0 aliphatic rings. The van der Waals surface area contributed by atoms with Gasteiger partial charge in [0.1, 0.15) is 6.61 Å². The number of hydrogen-bond donors (Lipinski definition) is 2. The van der Waals surface area contributed by atoms with Gasteiger partial charge >= 0.3 is 0 Å². The van der Waals surface area contributed by atoms with Gasteiger partial charge in [-0.05, 0) is 18.6 Å². The highest BCUT2D eigenvalue weighted by Gasteiger charge is 2.11. The van der Waals surface area contributed by atoms with Crippen LogP contribution in [0.1, 0.15) is 25.3 Å². The molecule has 0 aliphatic carbocycles. The molecule has 0 saturated heterocycles. The summed E-state index contributed by atoms with van der Waals surface area (Å²) >= 11 is 0. The summed E-state index contributed by atoms with van der Waals surface area (Å²) in [4.78, 5) is 0. The molecule has 0 radical (unpaired) electrons. The van der Waals surface area contributed by atoms with Crippen molar-refractivity contribution in [2.45, 2.75) is 19.8 Å². The third-order valence-electron chi connectivity index (χ3n) is 2.26. The molecule has 0 amide bonds. The Morgan fingerprint density at radius 2 is 2.06 bits per heavy atom. The lowest BCUT2D eigenvalue weighted by Gasteiger charge is -2.09. The molecule has 0 bridgehead atoms. The number of aliphatic hydroxyl groups is 1. The van der Waals surface area contributed by atoms with E-state index < -0.39 is 10.0 Å². The number of aliphatic hydroxyl groups excluding tert-OH is 1. The number of hydrogen-bond acceptors (Lipinski definition) is 3. The number of nitrogens with one attached hydrogen (secondary N) is 1. The first-order chi connectivity index (χ1) is 8.59. The van der Waals surface area contributed by atoms with E-state index in [4.69, 9.17) is 5.11 Å². The highest BCUT2D eigenvalue weighted by atomic mass is 32.2. The van der Waals surface area contributed by atoms with Crippen molar-refractivity contribution >= 4 is 15.7 Å². The minimum absolute atomic E-state index is 0.102. The lowest BCUT2D eigenvalue weighted by atomic mass is 10.2. The molecule has 2 N–H and O–H groups in total. The Balaban J connectivity index is 2.90. The zero-order chi connectivity index (χ0) is 13.4. The van der Waals surface area contributed by atoms with Gasteiger partial charge in [-0.15, -0.1) is 0 Å². The SMILES string of the molecule is CCCCS(=O)(=O)Nc1ccccc1C#CCO. The van der Waals surface area contributed by atoms with E-state index >= 15 is 0 Å². The van der Waals surface area contributed by atoms with E-state index in [1.807, 2.05) is 6.92 Å². The van der Waals surface area contributed by atoms with Gasteiger partial charge in [0.05, 0.1) is 11.4 Å². The van der Waals surface area contributed by atoms with Crippen LogP contribution in [0.2, 0.25) is 0 Å². The number of rotatable bonds is 5. The molecule has 0 spiro atoms. The lowest BCUT2D eigenvalue weighted by Crippen LogP contribution is -2.17. The minimum atomic E-state index is -3.32. The highest BCUT2D eigenvalue weighted by Crippen LogP contribution is 2.15. The third-order valence-corrected chi connectivity index (χ3v) is 3.62. The summed E-state index contributed by atoms with van der Waals surface area (Å²) in [5.41, 5.74) is 1.01. The lowest BCUT2D eigenvalue weighted by molar-refractivity contribution is 0.350. The summed E-state index contributed by atoms with van der Waals surface area (Å²) in [6.45, 7) is 1.69. The Morgan fingerprint density at radius 1 is 1.33 bits per heavy atom. The van der Waals surface area contributed by atoms with Crippen LogP contribution in [0.5, 0.6) is 0 Å². The highest BCUT2D eigenvalue weighted by molar-refractivity contribution is 7.92. The molecule has 0 atom stereocenters. The van der Waals surface area contributed by atoms with Crippen LogP contribution in [0.3, 0.4) is 0 Å². The van der Waals surface area contributed by atoms with Gasteiger partial charge in [0.2, 0.25) is 10.0 Å². The number of anilines is 1. The van der Waals surface area contributed by atoms with Crippen LogP contribution in [0, 0.1) is 11.8 Å². The molecule has 0 heterocycles. The molecular formula is C13H17NO3S. The summed E-state index contributed by atoms with van der Waals surface area (Å²) in [7, 11) is -3.32. The monoisotopic (exact) mass is 267 g/mol. The molecule has 1 aromatic carbocycles. The van der Waals surface area contributed by atoms with Crippen molar-refractivity contribution in [2.75, 3.05) is 17.1 Å². The third kappa shape index (κ3) is 4.78. The van der Waals surface area contributed by atoms with E-state index in [1.54, 1.807) is 24.3 Å². The average Bonchev–Trinajstić information content (AvgIpc) is 2.35. The molecule has 0 saturated carbocycles. The van der Waals surface area contributed by atoms with Crippen LogP contribution in [0.15, 0.2) is 24.3 Å². The van der Waals surface area contributed by atoms with Gasteiger partial charge in [-0.1, -0.05) is 37.3 Å². The van der Waals surface area contributed by atoms with E-state index in [0.29, 0.717) is 17.7 Å². The predicted molar refractivity (Wildman–Crippen MR) is 72.7 cm³/mol. The fourth-order valence-corrected chi connectivity index (χ4v) is 2.65. The molecule has 98 valence electrons. The van der Waals surface area contributed by atoms with Gasteiger partial charge in [-0.25, -0.2) is 8.42 Å². The van der Waals surface area contributed by atoms with Crippen molar-refractivity contribution in [1.29, 1.82) is 0 Å². The first kappa shape index (κ1) is 14.6. The Bertz CT molecular complexity index is 541. The number of benzene rings is 1. The van der Waals surface area contributed by atoms with Crippen molar-refractivity contribution in [3.8, 4) is 11.8 Å². The van der Waals surface area contributed by atoms with Crippen LogP contribution in [-0.2, 0) is 10.0 Å². The molecule has 0 unspecified atom stereocenters. The second kappa shape index (κ2) is 7.04. The number of para-hydroxylation sites is 1. The maximum absolute atomic E-state index is 11.8. The standard InChI is InChI=1S/C13H17NO3S/c1-2-3-11-18(16,17)14-13-9-5-4-7-12(13)8-6-10-15/h4-5,7,9,14-15H,2-3,10-11H2,1H3. The van der Waals surface area contributed by atoms with Crippen molar-refractivity contribution in [3.05, 3.63) is 29.8 Å². The average molecular weight is 267 g/mol. The maximum Gasteiger partial charge on any atom is 0.232 e. The second-order valence-corrected chi connectivity index (χ2v) is 5.62. The van der Waals surface area contributed by atoms with E-state index in [1.165, 1.54) is 0 Å². The summed E-state index contributed by atoms with van der Waals surface area (Å²) in [5, 5.41) is 8.65. The molecule has 0 aromatic heterocycles. The van der Waals surface area contributed by atoms with E-state index in [9.17, 15) is 8.42 Å². The largest absolute Gasteiger partial charge is 0.384 e. The zero-order valence-electron chi connectivity index (χ0n) is 10.3. The molecule has 0 aliphatic heterocycles. The Kier molecular flexibility index (Phi) is 5.69. The fraction of sp³-hybridized carbons (Fsp3) is 0.385. The van der Waals surface area contributed by atoms with E-state index in [0.717, 1.165) is 6.42 Å². The summed E-state index contributed by atoms with van der Waals surface area (Å²) in [6, 6.07) is 6.87. The van der Waals surface area contributed by atoms with Gasteiger partial charge in [0.25, 0.3) is 0 Å². The van der Waals surface area contributed by atoms with Crippen LogP contribution in [-0.4, -0.2) is 25.9 Å². The van der Waals surface area contributed by atoms with Gasteiger partial charge in [-0.2, -0.15) is 0 Å². The maximum atomic E-state index is 11.8. The predicted octanol–water partition coefficient (Wildman–Crippen LogP) is 1.57. The minimum Gasteiger partial charge on any atom is -0.384 e. The van der Waals surface area contributed by atoms with Crippen LogP contribution >= 0.6 is 0 Å². The molecule has 4 nitrogen and oxygen atoms in total. The molecule has 1 rings (SSSR count). The normalized spacial score (nSPS) is 10.6. The van der Waals surface area contributed by atoms with Crippen LogP contribution in [0.4, 0.5) is 5.69 Å². The van der Waals surface area contributed by atoms with Crippen LogP contribution < -0.4 is 4.72 Å². The van der Waals surface area contributed by atoms with Crippen molar-refractivity contribution in [3.63, 3.8) is 0 Å². The molecule has 0 fully saturated rings. The number of sulfonamides is 1. The van der Waals surface area contributed by atoms with Gasteiger partial charge in [0.15, 0.2) is 0 Å². The van der Waals surface area contributed by atoms with Crippen molar-refractivity contribution in [1.82, 2.24) is 0 Å². The van der Waals surface area contributed by atoms with E-state index in [2.05, 4.69) is 16.6 Å². The Labute approximate surface area is 108 Å².